The van der Waals surface area contributed by atoms with Gasteiger partial charge in [-0.3, -0.25) is 9.48 Å². The Bertz CT molecular complexity index is 885. The fourth-order valence-corrected chi connectivity index (χ4v) is 3.61. The molecule has 26 heavy (non-hydrogen) atoms. The second-order valence-electron chi connectivity index (χ2n) is 6.22. The van der Waals surface area contributed by atoms with Crippen molar-refractivity contribution in [3.05, 3.63) is 69.7 Å². The lowest BCUT2D eigenvalue weighted by molar-refractivity contribution is 0.0786. The van der Waals surface area contributed by atoms with Gasteiger partial charge < -0.3 is 9.64 Å². The lowest BCUT2D eigenvalue weighted by Gasteiger charge is -2.16. The number of benzene rings is 1. The van der Waals surface area contributed by atoms with Crippen LogP contribution in [0.4, 0.5) is 0 Å². The molecule has 0 spiro atoms. The molecule has 0 aliphatic heterocycles. The smallest absolute Gasteiger partial charge is 0.264 e. The molecule has 2 heterocycles. The van der Waals surface area contributed by atoms with Gasteiger partial charge in [0.15, 0.2) is 0 Å². The molecular weight excluding hydrogens is 346 g/mol. The van der Waals surface area contributed by atoms with Crippen molar-refractivity contribution < 1.29 is 9.53 Å². The second kappa shape index (κ2) is 8.19. The Kier molecular flexibility index (Phi) is 5.73. The summed E-state index contributed by atoms with van der Waals surface area (Å²) < 4.78 is 7.71. The van der Waals surface area contributed by atoms with E-state index in [0.717, 1.165) is 34.0 Å². The first-order chi connectivity index (χ1) is 12.6. The van der Waals surface area contributed by atoms with Crippen LogP contribution in [0.25, 0.3) is 0 Å². The van der Waals surface area contributed by atoms with Gasteiger partial charge in [0.2, 0.25) is 0 Å². The van der Waals surface area contributed by atoms with Crippen molar-refractivity contribution in [2.45, 2.75) is 33.5 Å². The van der Waals surface area contributed by atoms with E-state index in [0.29, 0.717) is 13.2 Å². The molecule has 6 heteroatoms. The Morgan fingerprint density at radius 1 is 1.31 bits per heavy atom. The standard InChI is InChI=1S/C20H23N3O2S/c1-4-23-17(8-9-21-23)12-22(3)20(24)19-11-16(14-26-19)13-25-18-7-5-6-15(2)10-18/h5-11,14H,4,12-13H2,1-3H3. The van der Waals surface area contributed by atoms with Gasteiger partial charge in [0.1, 0.15) is 12.4 Å². The molecule has 0 atom stereocenters. The summed E-state index contributed by atoms with van der Waals surface area (Å²) in [5.74, 6) is 0.856. The molecule has 0 aliphatic rings. The minimum atomic E-state index is 0.0145. The van der Waals surface area contributed by atoms with E-state index in [9.17, 15) is 4.79 Å². The molecule has 0 N–H and O–H groups in total. The van der Waals surface area contributed by atoms with Crippen molar-refractivity contribution >= 4 is 17.2 Å². The van der Waals surface area contributed by atoms with Crippen molar-refractivity contribution in [1.82, 2.24) is 14.7 Å². The zero-order valence-corrected chi connectivity index (χ0v) is 16.1. The highest BCUT2D eigenvalue weighted by atomic mass is 32.1. The average Bonchev–Trinajstić information content (AvgIpc) is 3.28. The SMILES string of the molecule is CCn1nccc1CN(C)C(=O)c1cc(COc2cccc(C)c2)cs1. The van der Waals surface area contributed by atoms with Crippen molar-refractivity contribution in [2.75, 3.05) is 7.05 Å². The maximum atomic E-state index is 12.7. The van der Waals surface area contributed by atoms with Crippen LogP contribution in [0.5, 0.6) is 5.75 Å². The topological polar surface area (TPSA) is 47.4 Å². The van der Waals surface area contributed by atoms with Crippen LogP contribution in [0.3, 0.4) is 0 Å². The van der Waals surface area contributed by atoms with Crippen molar-refractivity contribution in [3.8, 4) is 5.75 Å². The Morgan fingerprint density at radius 3 is 2.92 bits per heavy atom. The van der Waals surface area contributed by atoms with E-state index in [1.807, 2.05) is 67.4 Å². The normalized spacial score (nSPS) is 10.7. The minimum absolute atomic E-state index is 0.0145. The largest absolute Gasteiger partial charge is 0.489 e. The van der Waals surface area contributed by atoms with E-state index in [1.54, 1.807) is 11.1 Å². The average molecular weight is 369 g/mol. The van der Waals surface area contributed by atoms with E-state index in [-0.39, 0.29) is 5.91 Å². The number of aryl methyl sites for hydroxylation is 2. The van der Waals surface area contributed by atoms with Crippen LogP contribution < -0.4 is 4.74 Å². The maximum absolute atomic E-state index is 12.7. The van der Waals surface area contributed by atoms with Gasteiger partial charge in [-0.05, 0) is 49.1 Å². The number of thiophene rings is 1. The van der Waals surface area contributed by atoms with E-state index >= 15 is 0 Å². The highest BCUT2D eigenvalue weighted by molar-refractivity contribution is 7.12. The molecule has 5 nitrogen and oxygen atoms in total. The van der Waals surface area contributed by atoms with Crippen molar-refractivity contribution in [1.29, 1.82) is 0 Å². The summed E-state index contributed by atoms with van der Waals surface area (Å²) in [5.41, 5.74) is 3.20. The number of rotatable bonds is 7. The summed E-state index contributed by atoms with van der Waals surface area (Å²) in [6.07, 6.45) is 1.77. The lowest BCUT2D eigenvalue weighted by atomic mass is 10.2. The van der Waals surface area contributed by atoms with E-state index in [1.165, 1.54) is 11.3 Å². The molecule has 1 aromatic carbocycles. The number of hydrogen-bond donors (Lipinski definition) is 0. The van der Waals surface area contributed by atoms with Crippen molar-refractivity contribution in [3.63, 3.8) is 0 Å². The van der Waals surface area contributed by atoms with Crippen LogP contribution in [0.15, 0.2) is 48.0 Å². The first-order valence-corrected chi connectivity index (χ1v) is 9.48. The third-order valence-electron chi connectivity index (χ3n) is 4.11. The van der Waals surface area contributed by atoms with Gasteiger partial charge >= 0.3 is 0 Å². The number of nitrogens with zero attached hydrogens (tertiary/aromatic N) is 3. The summed E-state index contributed by atoms with van der Waals surface area (Å²) in [4.78, 5) is 15.1. The summed E-state index contributed by atoms with van der Waals surface area (Å²) in [6, 6.07) is 11.8. The first-order valence-electron chi connectivity index (χ1n) is 8.60. The summed E-state index contributed by atoms with van der Waals surface area (Å²) in [7, 11) is 1.82. The number of amides is 1. The molecule has 0 saturated heterocycles. The first kappa shape index (κ1) is 18.2. The van der Waals surface area contributed by atoms with Crippen LogP contribution in [0.1, 0.15) is 33.4 Å². The highest BCUT2D eigenvalue weighted by Gasteiger charge is 2.16. The molecule has 0 fully saturated rings. The molecule has 0 aliphatic carbocycles. The van der Waals surface area contributed by atoms with Crippen LogP contribution in [-0.2, 0) is 19.7 Å². The van der Waals surface area contributed by atoms with Gasteiger partial charge in [-0.2, -0.15) is 5.10 Å². The molecule has 1 amide bonds. The molecule has 0 unspecified atom stereocenters. The van der Waals surface area contributed by atoms with Crippen LogP contribution in [-0.4, -0.2) is 27.6 Å². The molecule has 0 saturated carbocycles. The van der Waals surface area contributed by atoms with Crippen LogP contribution in [0.2, 0.25) is 0 Å². The second-order valence-corrected chi connectivity index (χ2v) is 7.14. The maximum Gasteiger partial charge on any atom is 0.264 e. The Morgan fingerprint density at radius 2 is 2.15 bits per heavy atom. The van der Waals surface area contributed by atoms with E-state index in [2.05, 4.69) is 5.10 Å². The fraction of sp³-hybridized carbons (Fsp3) is 0.300. The monoisotopic (exact) mass is 369 g/mol. The van der Waals surface area contributed by atoms with Gasteiger partial charge in [-0.1, -0.05) is 12.1 Å². The number of carbonyl (C=O) groups excluding carboxylic acids is 1. The molecular formula is C20H23N3O2S. The third-order valence-corrected chi connectivity index (χ3v) is 5.08. The predicted octanol–water partition coefficient (Wildman–Crippen LogP) is 4.12. The Balaban J connectivity index is 1.60. The van der Waals surface area contributed by atoms with Crippen LogP contribution in [0, 0.1) is 6.92 Å². The molecule has 3 aromatic rings. The molecule has 0 radical (unpaired) electrons. The van der Waals surface area contributed by atoms with E-state index in [4.69, 9.17) is 4.74 Å². The highest BCUT2D eigenvalue weighted by Crippen LogP contribution is 2.20. The number of ether oxygens (including phenoxy) is 1. The Labute approximate surface area is 157 Å². The summed E-state index contributed by atoms with van der Waals surface area (Å²) in [6.45, 7) is 5.87. The van der Waals surface area contributed by atoms with Gasteiger partial charge in [0, 0.05) is 25.4 Å². The molecule has 3 rings (SSSR count). The zero-order valence-electron chi connectivity index (χ0n) is 15.3. The van der Waals surface area contributed by atoms with E-state index < -0.39 is 0 Å². The molecule has 2 aromatic heterocycles. The number of aromatic nitrogens is 2. The van der Waals surface area contributed by atoms with Crippen molar-refractivity contribution in [2.24, 2.45) is 0 Å². The lowest BCUT2D eigenvalue weighted by Crippen LogP contribution is -2.26. The van der Waals surface area contributed by atoms with Gasteiger partial charge in [-0.25, -0.2) is 0 Å². The third kappa shape index (κ3) is 4.32. The number of carbonyl (C=O) groups is 1. The van der Waals surface area contributed by atoms with Crippen LogP contribution >= 0.6 is 11.3 Å². The Hall–Kier alpha value is -2.60. The molecule has 136 valence electrons. The summed E-state index contributed by atoms with van der Waals surface area (Å²) >= 11 is 1.45. The van der Waals surface area contributed by atoms with Gasteiger partial charge in [0.05, 0.1) is 17.1 Å². The van der Waals surface area contributed by atoms with Gasteiger partial charge in [0.25, 0.3) is 5.91 Å². The predicted molar refractivity (Wildman–Crippen MR) is 104 cm³/mol. The molecule has 0 bridgehead atoms. The zero-order chi connectivity index (χ0) is 18.5. The minimum Gasteiger partial charge on any atom is -0.489 e. The van der Waals surface area contributed by atoms with Gasteiger partial charge in [-0.15, -0.1) is 11.3 Å². The quantitative estimate of drug-likeness (QED) is 0.629. The summed E-state index contributed by atoms with van der Waals surface area (Å²) in [5, 5.41) is 6.23. The fourth-order valence-electron chi connectivity index (χ4n) is 2.72. The number of hydrogen-bond acceptors (Lipinski definition) is 4.